The molecule has 10 aromatic rings. The Hall–Kier alpha value is -6.69. The van der Waals surface area contributed by atoms with Crippen molar-refractivity contribution in [2.45, 2.75) is 90.9 Å². The van der Waals surface area contributed by atoms with Crippen LogP contribution in [0.2, 0.25) is 0 Å². The Morgan fingerprint density at radius 3 is 1.96 bits per heavy atom. The number of thiazole rings is 1. The van der Waals surface area contributed by atoms with Gasteiger partial charge >= 0.3 is 0 Å². The van der Waals surface area contributed by atoms with Crippen LogP contribution in [0.3, 0.4) is 0 Å². The Balaban J connectivity index is 1.09. The predicted molar refractivity (Wildman–Crippen MR) is 292 cm³/mol. The highest BCUT2D eigenvalue weighted by atomic mass is 32.1. The zero-order chi connectivity index (χ0) is 46.8. The molecule has 0 spiro atoms. The fourth-order valence-electron chi connectivity index (χ4n) is 11.9. The third kappa shape index (κ3) is 5.94. The summed E-state index contributed by atoms with van der Waals surface area (Å²) in [6, 6.07) is 55.5. The fourth-order valence-corrected chi connectivity index (χ4v) is 12.9. The maximum absolute atomic E-state index is 5.28. The van der Waals surface area contributed by atoms with Gasteiger partial charge in [-0.15, -0.1) is 11.3 Å². The number of anilines is 2. The van der Waals surface area contributed by atoms with Crippen molar-refractivity contribution < 1.29 is 0 Å². The Bertz CT molecular complexity index is 3790. The van der Waals surface area contributed by atoms with E-state index in [1.807, 2.05) is 0 Å². The molecule has 331 valence electrons. The van der Waals surface area contributed by atoms with Gasteiger partial charge in [-0.05, 0) is 126 Å². The van der Waals surface area contributed by atoms with Crippen molar-refractivity contribution in [3.63, 3.8) is 0 Å². The molecule has 0 atom stereocenters. The van der Waals surface area contributed by atoms with E-state index in [0.717, 1.165) is 27.5 Å². The van der Waals surface area contributed by atoms with E-state index in [9.17, 15) is 0 Å². The molecule has 3 nitrogen and oxygen atoms in total. The summed E-state index contributed by atoms with van der Waals surface area (Å²) in [6.07, 6.45) is 0. The zero-order valence-electron chi connectivity index (χ0n) is 40.7. The number of nitrogens with one attached hydrogen (secondary N) is 1. The van der Waals surface area contributed by atoms with Gasteiger partial charge in [-0.3, -0.25) is 0 Å². The van der Waals surface area contributed by atoms with Crippen LogP contribution in [0, 0.1) is 0 Å². The molecule has 8 aromatic carbocycles. The lowest BCUT2D eigenvalue weighted by Crippen LogP contribution is -2.37. The van der Waals surface area contributed by atoms with E-state index in [0.29, 0.717) is 0 Å². The second-order valence-electron chi connectivity index (χ2n) is 22.8. The van der Waals surface area contributed by atoms with Gasteiger partial charge in [0.1, 0.15) is 5.01 Å². The summed E-state index contributed by atoms with van der Waals surface area (Å²) in [6.45, 7) is 23.4. The maximum atomic E-state index is 5.28. The maximum Gasteiger partial charge on any atom is 0.198 e. The second-order valence-corrected chi connectivity index (χ2v) is 23.8. The van der Waals surface area contributed by atoms with Gasteiger partial charge in [0.2, 0.25) is 0 Å². The molecule has 0 bridgehead atoms. The van der Waals surface area contributed by atoms with Crippen LogP contribution in [-0.4, -0.2) is 16.8 Å². The molecule has 5 heteroatoms. The molecular weight excluding hydrogens is 842 g/mol. The topological polar surface area (TPSA) is 29.9 Å². The molecule has 3 heterocycles. The number of rotatable bonds is 4. The monoisotopic (exact) mass is 896 g/mol. The fraction of sp³-hybridized carbons (Fsp3) is 0.222. The van der Waals surface area contributed by atoms with E-state index in [4.69, 9.17) is 4.98 Å². The van der Waals surface area contributed by atoms with Gasteiger partial charge in [-0.2, -0.15) is 0 Å². The van der Waals surface area contributed by atoms with Gasteiger partial charge in [0.15, 0.2) is 7.28 Å². The normalized spacial score (nSPS) is 15.0. The van der Waals surface area contributed by atoms with Crippen molar-refractivity contribution in [2.24, 2.45) is 0 Å². The Morgan fingerprint density at radius 2 is 1.21 bits per heavy atom. The summed E-state index contributed by atoms with van der Waals surface area (Å²) in [4.78, 5) is 5.28. The van der Waals surface area contributed by atoms with E-state index >= 15 is 0 Å². The number of fused-ring (bicyclic) bond motifs is 12. The first-order valence-corrected chi connectivity index (χ1v) is 25.1. The smallest absolute Gasteiger partial charge is 0.198 e. The molecule has 0 fully saturated rings. The lowest BCUT2D eigenvalue weighted by molar-refractivity contribution is 0.589. The van der Waals surface area contributed by atoms with Gasteiger partial charge in [-0.1, -0.05) is 172 Å². The Morgan fingerprint density at radius 1 is 0.544 bits per heavy atom. The van der Waals surface area contributed by atoms with Crippen molar-refractivity contribution in [2.75, 3.05) is 5.32 Å². The van der Waals surface area contributed by atoms with Gasteiger partial charge in [0.05, 0.1) is 15.7 Å². The van der Waals surface area contributed by atoms with Crippen LogP contribution < -0.4 is 16.2 Å². The summed E-state index contributed by atoms with van der Waals surface area (Å²) in [5.41, 5.74) is 26.2. The third-order valence-electron chi connectivity index (χ3n) is 15.8. The van der Waals surface area contributed by atoms with Crippen LogP contribution in [0.4, 0.5) is 11.4 Å². The van der Waals surface area contributed by atoms with E-state index < -0.39 is 0 Å². The molecule has 1 radical (unpaired) electrons. The SMILES string of the molecule is CC(C)(C)c1ccc(Nc2cc3c(cc2-c2ccc4c5cc6c(cc5n5c4c2[B]c2cc4nc(-c7ccccc7)sc4cc2-5)C(C)(C)c2ccccc2-6)-c2cc(C(C)(C)C)ccc2C3(C)C)cc1. The highest BCUT2D eigenvalue weighted by Gasteiger charge is 2.39. The molecule has 2 aromatic heterocycles. The van der Waals surface area contributed by atoms with Crippen molar-refractivity contribution in [3.8, 4) is 49.6 Å². The zero-order valence-corrected chi connectivity index (χ0v) is 41.6. The molecule has 0 unspecified atom stereocenters. The highest BCUT2D eigenvalue weighted by molar-refractivity contribution is 7.21. The van der Waals surface area contributed by atoms with Crippen molar-refractivity contribution in [3.05, 3.63) is 179 Å². The Labute approximate surface area is 405 Å². The van der Waals surface area contributed by atoms with Crippen molar-refractivity contribution in [1.82, 2.24) is 9.55 Å². The van der Waals surface area contributed by atoms with Crippen molar-refractivity contribution in [1.29, 1.82) is 0 Å². The lowest BCUT2D eigenvalue weighted by atomic mass is 9.59. The molecular formula is C63H55BN3S. The average Bonchev–Trinajstić information content (AvgIpc) is 4.01. The molecule has 2 aliphatic carbocycles. The molecule has 0 amide bonds. The summed E-state index contributed by atoms with van der Waals surface area (Å²) in [5, 5.41) is 7.62. The first kappa shape index (κ1) is 41.5. The van der Waals surface area contributed by atoms with E-state index in [2.05, 4.69) is 232 Å². The van der Waals surface area contributed by atoms with Crippen LogP contribution in [0.1, 0.15) is 103 Å². The molecule has 68 heavy (non-hydrogen) atoms. The summed E-state index contributed by atoms with van der Waals surface area (Å²) in [7, 11) is 2.46. The highest BCUT2D eigenvalue weighted by Crippen LogP contribution is 2.54. The number of benzene rings is 8. The van der Waals surface area contributed by atoms with Crippen LogP contribution in [0.5, 0.6) is 0 Å². The van der Waals surface area contributed by atoms with Crippen LogP contribution in [0.25, 0.3) is 81.7 Å². The molecule has 1 N–H and O–H groups in total. The standard InChI is InChI=1S/C63H55BN3S/c1-60(2,3)36-20-23-38(24-21-36)65-52-31-49-44(42-28-37(61(4,5)6)22-27-48(42)63(49,9)10)29-45(52)40-25-26-41-46-30-43-39-18-14-15-19-47(39)62(7,8)50(43)32-54(46)67-55-34-56-53(33-51(55)64-57(40)58(41)67)66-59(68-56)35-16-12-11-13-17-35/h11-34,65H,1-10H3. The van der Waals surface area contributed by atoms with Gasteiger partial charge in [0, 0.05) is 55.3 Å². The summed E-state index contributed by atoms with van der Waals surface area (Å²) in [5.74, 6) is 0. The minimum atomic E-state index is -0.174. The predicted octanol–water partition coefficient (Wildman–Crippen LogP) is 15.6. The largest absolute Gasteiger partial charge is 0.355 e. The minimum Gasteiger partial charge on any atom is -0.355 e. The Kier molecular flexibility index (Phi) is 8.52. The van der Waals surface area contributed by atoms with E-state index in [1.54, 1.807) is 11.3 Å². The molecule has 3 aliphatic rings. The van der Waals surface area contributed by atoms with Crippen LogP contribution >= 0.6 is 11.3 Å². The number of nitrogens with zero attached hydrogens (tertiary/aromatic N) is 2. The van der Waals surface area contributed by atoms with E-state index in [1.165, 1.54) is 110 Å². The van der Waals surface area contributed by atoms with Crippen LogP contribution in [-0.2, 0) is 21.7 Å². The first-order chi connectivity index (χ1) is 32.4. The average molecular weight is 897 g/mol. The first-order valence-electron chi connectivity index (χ1n) is 24.3. The van der Waals surface area contributed by atoms with Crippen LogP contribution in [0.15, 0.2) is 146 Å². The quantitative estimate of drug-likeness (QED) is 0.178. The summed E-state index contributed by atoms with van der Waals surface area (Å²) < 4.78 is 3.79. The molecule has 0 saturated heterocycles. The van der Waals surface area contributed by atoms with Gasteiger partial charge < -0.3 is 9.88 Å². The minimum absolute atomic E-state index is 0.0263. The molecule has 1 aliphatic heterocycles. The number of aromatic nitrogens is 2. The third-order valence-corrected chi connectivity index (χ3v) is 16.8. The van der Waals surface area contributed by atoms with Gasteiger partial charge in [0.25, 0.3) is 0 Å². The summed E-state index contributed by atoms with van der Waals surface area (Å²) >= 11 is 1.78. The number of hydrogen-bond donors (Lipinski definition) is 1. The molecule has 13 rings (SSSR count). The lowest BCUT2D eigenvalue weighted by Gasteiger charge is -2.26. The van der Waals surface area contributed by atoms with E-state index in [-0.39, 0.29) is 21.7 Å². The van der Waals surface area contributed by atoms with Crippen molar-refractivity contribution >= 4 is 72.9 Å². The van der Waals surface area contributed by atoms with Gasteiger partial charge in [-0.25, -0.2) is 4.98 Å². The second kappa shape index (κ2) is 14.0. The molecule has 0 saturated carbocycles. The number of hydrogen-bond acceptors (Lipinski definition) is 3.